The molecular formula is C38H49ClN6O12S3. The van der Waals surface area contributed by atoms with E-state index in [1.165, 1.54) is 44.1 Å². The first kappa shape index (κ1) is 48.1. The fourth-order valence-electron chi connectivity index (χ4n) is 5.97. The molecular weight excluding hydrogens is 864 g/mol. The summed E-state index contributed by atoms with van der Waals surface area (Å²) in [5.41, 5.74) is 0.121. The summed E-state index contributed by atoms with van der Waals surface area (Å²) in [6, 6.07) is 13.1. The lowest BCUT2D eigenvalue weighted by molar-refractivity contribution is -0.385. The molecule has 0 bridgehead atoms. The fraction of sp³-hybridized carbons (Fsp3) is 0.474. The fourth-order valence-corrected chi connectivity index (χ4v) is 10.9. The van der Waals surface area contributed by atoms with Crippen LogP contribution in [0.2, 0.25) is 5.02 Å². The minimum atomic E-state index is -4.04. The summed E-state index contributed by atoms with van der Waals surface area (Å²) in [4.78, 5) is 49.1. The highest BCUT2D eigenvalue weighted by atomic mass is 35.5. The van der Waals surface area contributed by atoms with E-state index in [2.05, 4.69) is 0 Å². The molecule has 3 aromatic carbocycles. The molecule has 60 heavy (non-hydrogen) atoms. The predicted molar refractivity (Wildman–Crippen MR) is 224 cm³/mol. The summed E-state index contributed by atoms with van der Waals surface area (Å²) < 4.78 is 65.7. The summed E-state index contributed by atoms with van der Waals surface area (Å²) in [6.45, 7) is 15.3. The molecule has 2 aliphatic rings. The van der Waals surface area contributed by atoms with Gasteiger partial charge in [0.1, 0.15) is 21.0 Å². The van der Waals surface area contributed by atoms with Gasteiger partial charge in [0.15, 0.2) is 0 Å². The second-order valence-electron chi connectivity index (χ2n) is 15.9. The highest BCUT2D eigenvalue weighted by Gasteiger charge is 2.36. The first-order valence-corrected chi connectivity index (χ1v) is 22.7. The number of rotatable bonds is 8. The summed E-state index contributed by atoms with van der Waals surface area (Å²) >= 11 is 7.20. The molecule has 0 atom stereocenters. The molecule has 2 heterocycles. The van der Waals surface area contributed by atoms with Crippen molar-refractivity contribution < 1.29 is 45.7 Å². The number of ether oxygens (including phenoxy) is 2. The third-order valence-corrected chi connectivity index (χ3v) is 14.2. The highest BCUT2D eigenvalue weighted by Crippen LogP contribution is 2.37. The highest BCUT2D eigenvalue weighted by molar-refractivity contribution is 8.00. The number of non-ortho nitro benzene ring substituents is 2. The quantitative estimate of drug-likeness (QED) is 0.163. The molecule has 0 unspecified atom stereocenters. The normalized spacial score (nSPS) is 15.8. The summed E-state index contributed by atoms with van der Waals surface area (Å²) in [6.07, 6.45) is -1.01. The van der Waals surface area contributed by atoms with Crippen molar-refractivity contribution in [3.63, 3.8) is 0 Å². The first-order chi connectivity index (χ1) is 27.7. The van der Waals surface area contributed by atoms with Crippen LogP contribution in [-0.4, -0.2) is 121 Å². The third kappa shape index (κ3) is 12.7. The maximum Gasteiger partial charge on any atom is 0.410 e. The van der Waals surface area contributed by atoms with Crippen LogP contribution in [0.15, 0.2) is 74.2 Å². The van der Waals surface area contributed by atoms with Gasteiger partial charge < -0.3 is 19.3 Å². The van der Waals surface area contributed by atoms with E-state index in [0.29, 0.717) is 4.90 Å². The lowest BCUT2D eigenvalue weighted by Gasteiger charge is -2.35. The van der Waals surface area contributed by atoms with E-state index in [1.807, 2.05) is 32.0 Å². The van der Waals surface area contributed by atoms with Crippen molar-refractivity contribution in [2.75, 3.05) is 52.4 Å². The molecule has 5 rings (SSSR count). The number of hydrogen-bond donors (Lipinski definition) is 0. The van der Waals surface area contributed by atoms with Crippen molar-refractivity contribution in [1.29, 1.82) is 0 Å². The number of benzene rings is 3. The molecule has 0 saturated carbocycles. The van der Waals surface area contributed by atoms with Crippen LogP contribution in [0.3, 0.4) is 0 Å². The van der Waals surface area contributed by atoms with Gasteiger partial charge >= 0.3 is 12.2 Å². The summed E-state index contributed by atoms with van der Waals surface area (Å²) in [5, 5.41) is 22.2. The Morgan fingerprint density at radius 3 is 1.42 bits per heavy atom. The number of halogens is 1. The maximum atomic E-state index is 13.6. The second kappa shape index (κ2) is 19.0. The van der Waals surface area contributed by atoms with Crippen LogP contribution in [0.4, 0.5) is 21.0 Å². The first-order valence-electron chi connectivity index (χ1n) is 18.6. The lowest BCUT2D eigenvalue weighted by atomic mass is 10.2. The average Bonchev–Trinajstić information content (AvgIpc) is 3.13. The molecule has 0 aliphatic carbocycles. The van der Waals surface area contributed by atoms with Gasteiger partial charge in [-0.3, -0.25) is 20.2 Å². The van der Waals surface area contributed by atoms with Crippen molar-refractivity contribution in [3.05, 3.63) is 91.0 Å². The molecule has 0 radical (unpaired) electrons. The van der Waals surface area contributed by atoms with Gasteiger partial charge in [-0.2, -0.15) is 8.61 Å². The van der Waals surface area contributed by atoms with Gasteiger partial charge in [0.05, 0.1) is 14.9 Å². The van der Waals surface area contributed by atoms with Gasteiger partial charge in [0, 0.05) is 86.4 Å². The second-order valence-corrected chi connectivity index (χ2v) is 21.3. The van der Waals surface area contributed by atoms with Crippen molar-refractivity contribution in [2.45, 2.75) is 86.2 Å². The number of amides is 2. The molecule has 2 amide bonds. The van der Waals surface area contributed by atoms with Crippen molar-refractivity contribution in [2.24, 2.45) is 0 Å². The number of nitro groups is 2. The number of nitrogens with zero attached hydrogens (tertiary/aromatic N) is 6. The number of nitro benzene ring substituents is 2. The van der Waals surface area contributed by atoms with Crippen LogP contribution in [0, 0.1) is 34.1 Å². The van der Waals surface area contributed by atoms with Crippen LogP contribution in [0.1, 0.15) is 52.7 Å². The largest absolute Gasteiger partial charge is 0.444 e. The number of sulfonamides is 2. The number of hydrogen-bond acceptors (Lipinski definition) is 13. The Bertz CT molecular complexity index is 2310. The van der Waals surface area contributed by atoms with E-state index in [4.69, 9.17) is 21.1 Å². The Morgan fingerprint density at radius 2 is 1.02 bits per heavy atom. The van der Waals surface area contributed by atoms with Gasteiger partial charge in [-0.25, -0.2) is 26.4 Å². The van der Waals surface area contributed by atoms with E-state index in [1.54, 1.807) is 41.5 Å². The smallest absolute Gasteiger partial charge is 0.410 e. The summed E-state index contributed by atoms with van der Waals surface area (Å²) in [5.74, 6) is 0. The number of carbonyl (C=O) groups excluding carboxylic acids is 2. The van der Waals surface area contributed by atoms with Crippen LogP contribution in [-0.2, 0) is 29.5 Å². The van der Waals surface area contributed by atoms with E-state index in [9.17, 15) is 46.7 Å². The number of carbonyl (C=O) groups is 2. The Morgan fingerprint density at radius 1 is 0.633 bits per heavy atom. The van der Waals surface area contributed by atoms with E-state index >= 15 is 0 Å². The molecule has 22 heteroatoms. The number of aryl methyl sites for hydroxylation is 2. The van der Waals surface area contributed by atoms with Crippen molar-refractivity contribution in [1.82, 2.24) is 18.4 Å². The zero-order valence-electron chi connectivity index (χ0n) is 34.5. The van der Waals surface area contributed by atoms with Gasteiger partial charge in [0.25, 0.3) is 11.4 Å². The van der Waals surface area contributed by atoms with Crippen molar-refractivity contribution >= 4 is 67.0 Å². The minimum Gasteiger partial charge on any atom is -0.444 e. The molecule has 18 nitrogen and oxygen atoms in total. The Balaban J connectivity index is 0.000000275. The van der Waals surface area contributed by atoms with Crippen LogP contribution < -0.4 is 0 Å². The molecule has 0 N–H and O–H groups in total. The number of piperazine rings is 2. The SMILES string of the molecule is CC(C)(C)OC(=O)N1CCN(S(=O)(=O)c2cc([N+](=O)[O-])ccc2Cl)CC1.Cc1cc(C)cc(Sc2ccc([N+](=O)[O-])cc2S(=O)(=O)N2CCN(C(=O)OC(C)(C)C)CC2)c1. The van der Waals surface area contributed by atoms with Crippen molar-refractivity contribution in [3.8, 4) is 0 Å². The minimum absolute atomic E-state index is 0.0423. The topological polar surface area (TPSA) is 220 Å². The van der Waals surface area contributed by atoms with E-state index in [-0.39, 0.29) is 78.5 Å². The zero-order valence-corrected chi connectivity index (χ0v) is 37.7. The lowest BCUT2D eigenvalue weighted by Crippen LogP contribution is -2.51. The molecule has 0 spiro atoms. The Kier molecular flexibility index (Phi) is 15.3. The molecule has 3 aromatic rings. The van der Waals surface area contributed by atoms with Gasteiger partial charge in [-0.05, 0) is 90.8 Å². The third-order valence-electron chi connectivity index (χ3n) is 8.70. The van der Waals surface area contributed by atoms with E-state index in [0.717, 1.165) is 38.5 Å². The molecule has 0 aromatic heterocycles. The molecule has 328 valence electrons. The Hall–Kier alpha value is -4.54. The standard InChI is InChI=1S/C23H29N3O6S2.C15H20ClN3O6S/c1-16-12-17(2)14-19(13-16)33-20-7-6-18(26(28)29)15-21(20)34(30,31)25-10-8-24(9-11-25)22(27)32-23(3,4)5;1-15(2,3)25-14(20)17-6-8-18(9-7-17)26(23,24)13-10-11(19(21)22)4-5-12(13)16/h6-7,12-15H,8-11H2,1-5H3;4-5,10H,6-9H2,1-3H3. The molecule has 2 fully saturated rings. The van der Waals surface area contributed by atoms with Crippen LogP contribution in [0.25, 0.3) is 0 Å². The monoisotopic (exact) mass is 912 g/mol. The summed E-state index contributed by atoms with van der Waals surface area (Å²) in [7, 11) is -8.06. The van der Waals surface area contributed by atoms with E-state index < -0.39 is 53.3 Å². The van der Waals surface area contributed by atoms with Gasteiger partial charge in [-0.15, -0.1) is 0 Å². The predicted octanol–water partition coefficient (Wildman–Crippen LogP) is 7.09. The van der Waals surface area contributed by atoms with Gasteiger partial charge in [0.2, 0.25) is 20.0 Å². The molecule has 2 aliphatic heterocycles. The molecule has 2 saturated heterocycles. The zero-order chi connectivity index (χ0) is 45.0. The van der Waals surface area contributed by atoms with Gasteiger partial charge in [-0.1, -0.05) is 29.4 Å². The Labute approximate surface area is 359 Å². The van der Waals surface area contributed by atoms with Crippen LogP contribution >= 0.6 is 23.4 Å². The maximum absolute atomic E-state index is 13.6. The van der Waals surface area contributed by atoms with Crippen LogP contribution in [0.5, 0.6) is 0 Å². The average molecular weight is 913 g/mol.